The number of nitrogens with zero attached hydrogens (tertiary/aromatic N) is 1. The summed E-state index contributed by atoms with van der Waals surface area (Å²) in [7, 11) is 4.18. The first-order valence-corrected chi connectivity index (χ1v) is 7.85. The molecule has 0 amide bonds. The van der Waals surface area contributed by atoms with Crippen molar-refractivity contribution in [1.82, 2.24) is 10.2 Å². The molecule has 21 heavy (non-hydrogen) atoms. The van der Waals surface area contributed by atoms with Crippen molar-refractivity contribution < 1.29 is 4.74 Å². The zero-order chi connectivity index (χ0) is 15.9. The molecule has 0 atom stereocenters. The van der Waals surface area contributed by atoms with Gasteiger partial charge < -0.3 is 15.0 Å². The van der Waals surface area contributed by atoms with Crippen LogP contribution in [0.15, 0.2) is 24.3 Å². The monoisotopic (exact) mass is 292 g/mol. The number of nitrogens with one attached hydrogen (secondary N) is 1. The van der Waals surface area contributed by atoms with Gasteiger partial charge in [0.1, 0.15) is 0 Å². The highest BCUT2D eigenvalue weighted by Gasteiger charge is 2.20. The summed E-state index contributed by atoms with van der Waals surface area (Å²) in [6, 6.07) is 8.65. The minimum atomic E-state index is 0.0659. The minimum Gasteiger partial charge on any atom is -0.375 e. The van der Waals surface area contributed by atoms with E-state index in [0.717, 1.165) is 19.7 Å². The van der Waals surface area contributed by atoms with Crippen LogP contribution in [0, 0.1) is 5.92 Å². The summed E-state index contributed by atoms with van der Waals surface area (Å²) in [6.45, 7) is 12.2. The summed E-state index contributed by atoms with van der Waals surface area (Å²) in [5.74, 6) is 0.685. The molecule has 0 saturated carbocycles. The van der Waals surface area contributed by atoms with Gasteiger partial charge in [0.15, 0.2) is 0 Å². The molecule has 0 aromatic heterocycles. The fourth-order valence-electron chi connectivity index (χ4n) is 1.88. The summed E-state index contributed by atoms with van der Waals surface area (Å²) in [6.07, 6.45) is 0. The molecule has 0 fully saturated rings. The first kappa shape index (κ1) is 18.1. The van der Waals surface area contributed by atoms with E-state index in [1.165, 1.54) is 11.1 Å². The molecule has 0 heterocycles. The van der Waals surface area contributed by atoms with Crippen molar-refractivity contribution in [2.75, 3.05) is 27.2 Å². The molecule has 120 valence electrons. The predicted molar refractivity (Wildman–Crippen MR) is 90.4 cm³/mol. The summed E-state index contributed by atoms with van der Waals surface area (Å²) < 4.78 is 5.88. The van der Waals surface area contributed by atoms with Crippen molar-refractivity contribution in [1.29, 1.82) is 0 Å². The number of rotatable bonds is 9. The lowest BCUT2D eigenvalue weighted by Crippen LogP contribution is -2.42. The Morgan fingerprint density at radius 1 is 1.19 bits per heavy atom. The van der Waals surface area contributed by atoms with E-state index in [-0.39, 0.29) is 5.54 Å². The maximum atomic E-state index is 5.88. The second-order valence-corrected chi connectivity index (χ2v) is 7.04. The maximum absolute atomic E-state index is 5.88. The Balaban J connectivity index is 2.42. The van der Waals surface area contributed by atoms with E-state index in [1.807, 2.05) is 0 Å². The first-order chi connectivity index (χ1) is 9.81. The average molecular weight is 292 g/mol. The van der Waals surface area contributed by atoms with Crippen molar-refractivity contribution in [3.8, 4) is 0 Å². The average Bonchev–Trinajstić information content (AvgIpc) is 2.38. The summed E-state index contributed by atoms with van der Waals surface area (Å²) in [5, 5.41) is 3.48. The van der Waals surface area contributed by atoms with Crippen molar-refractivity contribution in [3.63, 3.8) is 0 Å². The number of hydrogen-bond donors (Lipinski definition) is 1. The number of benzene rings is 1. The quantitative estimate of drug-likeness (QED) is 0.756. The van der Waals surface area contributed by atoms with Crippen molar-refractivity contribution in [2.45, 2.75) is 46.4 Å². The molecule has 1 rings (SSSR count). The second-order valence-electron chi connectivity index (χ2n) is 7.04. The third kappa shape index (κ3) is 7.07. The van der Waals surface area contributed by atoms with Crippen LogP contribution >= 0.6 is 0 Å². The smallest absolute Gasteiger partial charge is 0.0717 e. The molecule has 0 saturated heterocycles. The Bertz CT molecular complexity index is 413. The lowest BCUT2D eigenvalue weighted by atomic mass is 10.1. The molecule has 0 radical (unpaired) electrons. The Kier molecular flexibility index (Phi) is 7.36. The van der Waals surface area contributed by atoms with E-state index in [2.05, 4.69) is 76.3 Å². The van der Waals surface area contributed by atoms with E-state index in [1.54, 1.807) is 0 Å². The largest absolute Gasteiger partial charge is 0.375 e. The molecule has 1 N–H and O–H groups in total. The minimum absolute atomic E-state index is 0.0659. The Morgan fingerprint density at radius 3 is 2.48 bits per heavy atom. The standard InChI is InChI=1S/C18H32N2O/c1-15(2)11-19-12-16-8-7-9-17(10-16)13-21-14-18(3,4)20(5)6/h7-10,15,19H,11-14H2,1-6H3. The van der Waals surface area contributed by atoms with Crippen LogP contribution < -0.4 is 5.32 Å². The normalized spacial score (nSPS) is 12.4. The van der Waals surface area contributed by atoms with Gasteiger partial charge in [0.2, 0.25) is 0 Å². The molecule has 0 aliphatic heterocycles. The van der Waals surface area contributed by atoms with Crippen LogP contribution in [0.4, 0.5) is 0 Å². The Morgan fingerprint density at radius 2 is 1.86 bits per heavy atom. The van der Waals surface area contributed by atoms with Gasteiger partial charge in [-0.3, -0.25) is 0 Å². The maximum Gasteiger partial charge on any atom is 0.0717 e. The molecule has 0 spiro atoms. The molecule has 1 aromatic rings. The third-order valence-corrected chi connectivity index (χ3v) is 3.81. The molecule has 1 aromatic carbocycles. The number of hydrogen-bond acceptors (Lipinski definition) is 3. The molecule has 3 heteroatoms. The van der Waals surface area contributed by atoms with Crippen molar-refractivity contribution in [3.05, 3.63) is 35.4 Å². The van der Waals surface area contributed by atoms with Crippen LogP contribution in [-0.4, -0.2) is 37.7 Å². The van der Waals surface area contributed by atoms with E-state index in [4.69, 9.17) is 4.74 Å². The van der Waals surface area contributed by atoms with Gasteiger partial charge >= 0.3 is 0 Å². The fraction of sp³-hybridized carbons (Fsp3) is 0.667. The number of ether oxygens (including phenoxy) is 1. The summed E-state index contributed by atoms with van der Waals surface area (Å²) in [5.41, 5.74) is 2.63. The van der Waals surface area contributed by atoms with Gasteiger partial charge in [0.05, 0.1) is 13.2 Å². The molecule has 0 bridgehead atoms. The highest BCUT2D eigenvalue weighted by Crippen LogP contribution is 2.13. The van der Waals surface area contributed by atoms with Crippen LogP contribution in [0.25, 0.3) is 0 Å². The molecular formula is C18H32N2O. The third-order valence-electron chi connectivity index (χ3n) is 3.81. The van der Waals surface area contributed by atoms with Crippen molar-refractivity contribution in [2.24, 2.45) is 5.92 Å². The van der Waals surface area contributed by atoms with Crippen molar-refractivity contribution >= 4 is 0 Å². The second kappa shape index (κ2) is 8.52. The topological polar surface area (TPSA) is 24.5 Å². The van der Waals surface area contributed by atoms with Crippen LogP contribution in [0.3, 0.4) is 0 Å². The Labute approximate surface area is 130 Å². The fourth-order valence-corrected chi connectivity index (χ4v) is 1.88. The van der Waals surface area contributed by atoms with Crippen LogP contribution in [0.2, 0.25) is 0 Å². The number of likely N-dealkylation sites (N-methyl/N-ethyl adjacent to an activating group) is 1. The van der Waals surface area contributed by atoms with Gasteiger partial charge in [-0.1, -0.05) is 38.1 Å². The zero-order valence-corrected chi connectivity index (χ0v) is 14.6. The van der Waals surface area contributed by atoms with Gasteiger partial charge in [-0.05, 0) is 51.5 Å². The van der Waals surface area contributed by atoms with Crippen LogP contribution in [0.5, 0.6) is 0 Å². The molecule has 0 aliphatic carbocycles. The Hall–Kier alpha value is -0.900. The van der Waals surface area contributed by atoms with Gasteiger partial charge in [-0.25, -0.2) is 0 Å². The van der Waals surface area contributed by atoms with Gasteiger partial charge in [0, 0.05) is 12.1 Å². The van der Waals surface area contributed by atoms with E-state index >= 15 is 0 Å². The van der Waals surface area contributed by atoms with E-state index < -0.39 is 0 Å². The van der Waals surface area contributed by atoms with Crippen LogP contribution in [0.1, 0.15) is 38.8 Å². The molecular weight excluding hydrogens is 260 g/mol. The van der Waals surface area contributed by atoms with Crippen LogP contribution in [-0.2, 0) is 17.9 Å². The lowest BCUT2D eigenvalue weighted by molar-refractivity contribution is 0.0274. The summed E-state index contributed by atoms with van der Waals surface area (Å²) in [4.78, 5) is 2.19. The molecule has 0 unspecified atom stereocenters. The van der Waals surface area contributed by atoms with E-state index in [9.17, 15) is 0 Å². The van der Waals surface area contributed by atoms with Gasteiger partial charge in [-0.15, -0.1) is 0 Å². The van der Waals surface area contributed by atoms with E-state index in [0.29, 0.717) is 12.5 Å². The van der Waals surface area contributed by atoms with Gasteiger partial charge in [0.25, 0.3) is 0 Å². The highest BCUT2D eigenvalue weighted by atomic mass is 16.5. The first-order valence-electron chi connectivity index (χ1n) is 7.85. The lowest BCUT2D eigenvalue weighted by Gasteiger charge is -2.32. The summed E-state index contributed by atoms with van der Waals surface area (Å²) >= 11 is 0. The molecule has 3 nitrogen and oxygen atoms in total. The highest BCUT2D eigenvalue weighted by molar-refractivity contribution is 5.22. The molecule has 0 aliphatic rings. The predicted octanol–water partition coefficient (Wildman–Crippen LogP) is 3.29. The SMILES string of the molecule is CC(C)CNCc1cccc(COCC(C)(C)N(C)C)c1. The van der Waals surface area contributed by atoms with Gasteiger partial charge in [-0.2, -0.15) is 0 Å². The zero-order valence-electron chi connectivity index (χ0n) is 14.6.